The summed E-state index contributed by atoms with van der Waals surface area (Å²) < 4.78 is 63.2. The van der Waals surface area contributed by atoms with Crippen molar-refractivity contribution < 1.29 is 22.3 Å². The van der Waals surface area contributed by atoms with E-state index in [0.29, 0.717) is 35.7 Å². The van der Waals surface area contributed by atoms with Crippen LogP contribution in [-0.4, -0.2) is 41.2 Å². The number of rotatable bonds is 7. The first-order chi connectivity index (χ1) is 16.6. The molecule has 0 radical (unpaired) electrons. The van der Waals surface area contributed by atoms with Gasteiger partial charge >= 0.3 is 6.18 Å². The van der Waals surface area contributed by atoms with Crippen molar-refractivity contribution in [3.8, 4) is 0 Å². The van der Waals surface area contributed by atoms with Gasteiger partial charge in [0, 0.05) is 17.5 Å². The Labute approximate surface area is 202 Å². The van der Waals surface area contributed by atoms with Crippen molar-refractivity contribution in [3.05, 3.63) is 65.2 Å². The van der Waals surface area contributed by atoms with Gasteiger partial charge in [0.25, 0.3) is 0 Å². The Kier molecular flexibility index (Phi) is 6.38. The first kappa shape index (κ1) is 24.3. The van der Waals surface area contributed by atoms with Crippen molar-refractivity contribution in [1.82, 2.24) is 14.5 Å². The summed E-state index contributed by atoms with van der Waals surface area (Å²) in [5.74, 6) is 0.221. The van der Waals surface area contributed by atoms with Crippen LogP contribution >= 0.6 is 0 Å². The predicted molar refractivity (Wildman–Crippen MR) is 127 cm³/mol. The highest BCUT2D eigenvalue weighted by atomic mass is 19.4. The van der Waals surface area contributed by atoms with Crippen molar-refractivity contribution in [2.24, 2.45) is 5.92 Å². The number of benzene rings is 2. The summed E-state index contributed by atoms with van der Waals surface area (Å²) in [6, 6.07) is 8.91. The molecule has 1 aliphatic carbocycles. The van der Waals surface area contributed by atoms with E-state index in [-0.39, 0.29) is 11.2 Å². The SMILES string of the molecule is CC(OCC1(c2ccc(F)cc2)CCN(C)CC1)c1cc(C(F)(F)F)cc2c1ncn2CC1CC1. The first-order valence-electron chi connectivity index (χ1n) is 12.3. The van der Waals surface area contributed by atoms with Crippen LogP contribution in [0.3, 0.4) is 0 Å². The van der Waals surface area contributed by atoms with Crippen molar-refractivity contribution in [2.45, 2.75) is 56.8 Å². The number of halogens is 4. The van der Waals surface area contributed by atoms with Crippen LogP contribution < -0.4 is 0 Å². The zero-order valence-electron chi connectivity index (χ0n) is 20.1. The number of piperidine rings is 1. The quantitative estimate of drug-likeness (QED) is 0.363. The van der Waals surface area contributed by atoms with Gasteiger partial charge in [-0.1, -0.05) is 12.1 Å². The molecule has 3 aromatic rings. The lowest BCUT2D eigenvalue weighted by molar-refractivity contribution is -0.137. The van der Waals surface area contributed by atoms with E-state index in [1.165, 1.54) is 24.3 Å². The molecule has 188 valence electrons. The fourth-order valence-corrected chi connectivity index (χ4v) is 5.13. The molecular formula is C27H31F4N3O. The van der Waals surface area contributed by atoms with Gasteiger partial charge in [-0.25, -0.2) is 9.37 Å². The molecule has 1 saturated carbocycles. The summed E-state index contributed by atoms with van der Waals surface area (Å²) in [7, 11) is 2.06. The minimum atomic E-state index is -4.46. The molecule has 0 spiro atoms. The maximum Gasteiger partial charge on any atom is 0.416 e. The average molecular weight is 490 g/mol. The molecule has 2 fully saturated rings. The first-order valence-corrected chi connectivity index (χ1v) is 12.3. The van der Waals surface area contributed by atoms with Gasteiger partial charge in [-0.05, 0) is 88.5 Å². The van der Waals surface area contributed by atoms with Crippen LogP contribution in [0, 0.1) is 11.7 Å². The maximum atomic E-state index is 13.8. The lowest BCUT2D eigenvalue weighted by Crippen LogP contribution is -2.44. The number of fused-ring (bicyclic) bond motifs is 1. The fourth-order valence-electron chi connectivity index (χ4n) is 5.13. The third-order valence-electron chi connectivity index (χ3n) is 7.68. The summed E-state index contributed by atoms with van der Waals surface area (Å²) in [5, 5.41) is 0. The third kappa shape index (κ3) is 5.09. The van der Waals surface area contributed by atoms with Gasteiger partial charge in [-0.3, -0.25) is 0 Å². The second-order valence-electron chi connectivity index (χ2n) is 10.3. The molecule has 1 aromatic heterocycles. The molecule has 8 heteroatoms. The van der Waals surface area contributed by atoms with Gasteiger partial charge in [0.2, 0.25) is 0 Å². The Morgan fingerprint density at radius 3 is 2.43 bits per heavy atom. The van der Waals surface area contributed by atoms with E-state index in [1.807, 2.05) is 4.57 Å². The number of alkyl halides is 3. The largest absolute Gasteiger partial charge is 0.416 e. The van der Waals surface area contributed by atoms with E-state index in [0.717, 1.165) is 44.3 Å². The topological polar surface area (TPSA) is 30.3 Å². The Morgan fingerprint density at radius 2 is 1.80 bits per heavy atom. The van der Waals surface area contributed by atoms with Crippen LogP contribution in [0.1, 0.15) is 55.4 Å². The van der Waals surface area contributed by atoms with E-state index >= 15 is 0 Å². The standard InChI is InChI=1S/C27H31F4N3O/c1-18(35-16-26(9-11-33(2)12-10-26)20-5-7-22(28)8-6-20)23-13-21(27(29,30)31)14-24-25(23)32-17-34(24)15-19-3-4-19/h5-8,13-14,17-19H,3-4,9-12,15-16H2,1-2H3. The maximum absolute atomic E-state index is 13.8. The van der Waals surface area contributed by atoms with E-state index in [2.05, 4.69) is 16.9 Å². The molecule has 2 aliphatic rings. The van der Waals surface area contributed by atoms with Crippen LogP contribution in [0.25, 0.3) is 11.0 Å². The van der Waals surface area contributed by atoms with E-state index in [9.17, 15) is 17.6 Å². The van der Waals surface area contributed by atoms with Crippen LogP contribution in [-0.2, 0) is 22.9 Å². The number of aromatic nitrogens is 2. The van der Waals surface area contributed by atoms with E-state index in [1.54, 1.807) is 25.4 Å². The molecular weight excluding hydrogens is 458 g/mol. The van der Waals surface area contributed by atoms with Crippen LogP contribution in [0.4, 0.5) is 17.6 Å². The monoisotopic (exact) mass is 489 g/mol. The number of hydrogen-bond acceptors (Lipinski definition) is 3. The van der Waals surface area contributed by atoms with Crippen molar-refractivity contribution in [2.75, 3.05) is 26.7 Å². The number of likely N-dealkylation sites (tertiary alicyclic amines) is 1. The second kappa shape index (κ2) is 9.21. The lowest BCUT2D eigenvalue weighted by Gasteiger charge is -2.41. The number of hydrogen-bond donors (Lipinski definition) is 0. The van der Waals surface area contributed by atoms with Gasteiger partial charge in [0.15, 0.2) is 0 Å². The zero-order chi connectivity index (χ0) is 24.8. The molecule has 1 saturated heterocycles. The second-order valence-corrected chi connectivity index (χ2v) is 10.3. The van der Waals surface area contributed by atoms with Crippen LogP contribution in [0.5, 0.6) is 0 Å². The van der Waals surface area contributed by atoms with Gasteiger partial charge in [0.1, 0.15) is 5.82 Å². The molecule has 2 aromatic carbocycles. The summed E-state index contributed by atoms with van der Waals surface area (Å²) in [4.78, 5) is 6.74. The summed E-state index contributed by atoms with van der Waals surface area (Å²) >= 11 is 0. The summed E-state index contributed by atoms with van der Waals surface area (Å²) in [6.45, 7) is 4.56. The Balaban J connectivity index is 1.45. The van der Waals surface area contributed by atoms with Gasteiger partial charge in [-0.2, -0.15) is 13.2 Å². The van der Waals surface area contributed by atoms with E-state index < -0.39 is 17.8 Å². The molecule has 1 unspecified atom stereocenters. The number of ether oxygens (including phenoxy) is 1. The predicted octanol–water partition coefficient (Wildman–Crippen LogP) is 6.35. The van der Waals surface area contributed by atoms with Crippen LogP contribution in [0.2, 0.25) is 0 Å². The molecule has 35 heavy (non-hydrogen) atoms. The van der Waals surface area contributed by atoms with Gasteiger partial charge in [-0.15, -0.1) is 0 Å². The third-order valence-corrected chi connectivity index (χ3v) is 7.68. The average Bonchev–Trinajstić information content (AvgIpc) is 3.56. The molecule has 2 heterocycles. The highest BCUT2D eigenvalue weighted by molar-refractivity contribution is 5.80. The Morgan fingerprint density at radius 1 is 1.11 bits per heavy atom. The Bertz CT molecular complexity index is 1180. The smallest absolute Gasteiger partial charge is 0.373 e. The van der Waals surface area contributed by atoms with Crippen molar-refractivity contribution >= 4 is 11.0 Å². The van der Waals surface area contributed by atoms with Gasteiger partial charge < -0.3 is 14.2 Å². The van der Waals surface area contributed by atoms with Crippen LogP contribution in [0.15, 0.2) is 42.7 Å². The molecule has 1 aliphatic heterocycles. The highest BCUT2D eigenvalue weighted by Crippen LogP contribution is 2.40. The molecule has 4 nitrogen and oxygen atoms in total. The molecule has 0 bridgehead atoms. The van der Waals surface area contributed by atoms with Crippen molar-refractivity contribution in [3.63, 3.8) is 0 Å². The number of imidazole rings is 1. The summed E-state index contributed by atoms with van der Waals surface area (Å²) in [5.41, 5.74) is 1.52. The van der Waals surface area contributed by atoms with Crippen molar-refractivity contribution in [1.29, 1.82) is 0 Å². The summed E-state index contributed by atoms with van der Waals surface area (Å²) in [6.07, 6.45) is 0.473. The van der Waals surface area contributed by atoms with Gasteiger partial charge in [0.05, 0.1) is 35.6 Å². The van der Waals surface area contributed by atoms with E-state index in [4.69, 9.17) is 4.74 Å². The normalized spacial score (nSPS) is 19.8. The number of nitrogens with zero attached hydrogens (tertiary/aromatic N) is 3. The molecule has 1 atom stereocenters. The highest BCUT2D eigenvalue weighted by Gasteiger charge is 2.37. The molecule has 5 rings (SSSR count). The minimum absolute atomic E-state index is 0.292. The zero-order valence-corrected chi connectivity index (χ0v) is 20.1. The lowest BCUT2D eigenvalue weighted by atomic mass is 9.73. The Hall–Kier alpha value is -2.45. The molecule has 0 N–H and O–H groups in total. The molecule has 0 amide bonds. The minimum Gasteiger partial charge on any atom is -0.373 e. The fraction of sp³-hybridized carbons (Fsp3) is 0.519.